The monoisotopic (exact) mass is 408 g/mol. The molecule has 2 heterocycles. The Labute approximate surface area is 173 Å². The van der Waals surface area contributed by atoms with E-state index in [0.717, 1.165) is 69.5 Å². The Kier molecular flexibility index (Phi) is 8.86. The van der Waals surface area contributed by atoms with Crippen LogP contribution < -0.4 is 10.6 Å². The quantitative estimate of drug-likeness (QED) is 0.393. The number of benzene rings is 1. The Morgan fingerprint density at radius 2 is 2.04 bits per heavy atom. The molecule has 1 unspecified atom stereocenters. The summed E-state index contributed by atoms with van der Waals surface area (Å²) in [7, 11) is 1.82. The van der Waals surface area contributed by atoms with E-state index in [9.17, 15) is 0 Å². The van der Waals surface area contributed by atoms with Gasteiger partial charge >= 0.3 is 0 Å². The zero-order chi connectivity index (χ0) is 19.6. The molecular weight excluding hydrogens is 376 g/mol. The van der Waals surface area contributed by atoms with Crippen molar-refractivity contribution in [2.75, 3.05) is 46.5 Å². The van der Waals surface area contributed by atoms with Gasteiger partial charge in [-0.05, 0) is 43.4 Å². The lowest BCUT2D eigenvalue weighted by molar-refractivity contribution is 0.0191. The number of aliphatic imine (C=N–C) groups is 1. The van der Waals surface area contributed by atoms with E-state index in [1.54, 1.807) is 0 Å². The molecule has 0 aromatic heterocycles. The number of halogens is 1. The number of nitrogens with one attached hydrogen (secondary N) is 2. The van der Waals surface area contributed by atoms with Gasteiger partial charge in [0.2, 0.25) is 0 Å². The summed E-state index contributed by atoms with van der Waals surface area (Å²) >= 11 is 5.97. The van der Waals surface area contributed by atoms with Crippen molar-refractivity contribution in [3.05, 3.63) is 34.9 Å². The van der Waals surface area contributed by atoms with Crippen molar-refractivity contribution < 1.29 is 9.47 Å². The lowest BCUT2D eigenvalue weighted by Gasteiger charge is -2.33. The number of nitrogens with zero attached hydrogens (tertiary/aromatic N) is 2. The Morgan fingerprint density at radius 1 is 1.25 bits per heavy atom. The average Bonchev–Trinajstić information content (AvgIpc) is 3.23. The zero-order valence-electron chi connectivity index (χ0n) is 16.8. The molecule has 1 aromatic carbocycles. The van der Waals surface area contributed by atoms with Crippen LogP contribution in [0.2, 0.25) is 5.02 Å². The highest BCUT2D eigenvalue weighted by molar-refractivity contribution is 6.30. The molecule has 0 spiro atoms. The summed E-state index contributed by atoms with van der Waals surface area (Å²) in [5.74, 6) is 0.858. The molecule has 2 aliphatic heterocycles. The lowest BCUT2D eigenvalue weighted by Crippen LogP contribution is -2.49. The third kappa shape index (κ3) is 7.24. The lowest BCUT2D eigenvalue weighted by atomic mass is 10.0. The Hall–Kier alpha value is -1.34. The van der Waals surface area contributed by atoms with Gasteiger partial charge in [0.25, 0.3) is 0 Å². The molecule has 2 N–H and O–H groups in total. The summed E-state index contributed by atoms with van der Waals surface area (Å²) in [5, 5.41) is 7.68. The third-order valence-corrected chi connectivity index (χ3v) is 5.59. The van der Waals surface area contributed by atoms with Gasteiger partial charge in [-0.3, -0.25) is 9.89 Å². The third-order valence-electron chi connectivity index (χ3n) is 5.34. The normalized spacial score (nSPS) is 21.8. The maximum atomic E-state index is 5.97. The molecular formula is C21H33ClN4O2. The van der Waals surface area contributed by atoms with E-state index in [-0.39, 0.29) is 6.10 Å². The Bertz CT molecular complexity index is 597. The second-order valence-corrected chi connectivity index (χ2v) is 7.97. The molecule has 0 amide bonds. The number of likely N-dealkylation sites (tertiary alicyclic amines) is 1. The van der Waals surface area contributed by atoms with Crippen LogP contribution >= 0.6 is 11.6 Å². The van der Waals surface area contributed by atoms with Crippen LogP contribution in [0.3, 0.4) is 0 Å². The summed E-state index contributed by atoms with van der Waals surface area (Å²) in [5.41, 5.74) is 1.32. The molecule has 0 bridgehead atoms. The van der Waals surface area contributed by atoms with E-state index < -0.39 is 0 Å². The van der Waals surface area contributed by atoms with E-state index in [1.165, 1.54) is 5.56 Å². The first-order valence-corrected chi connectivity index (χ1v) is 10.7. The van der Waals surface area contributed by atoms with Crippen molar-refractivity contribution in [1.82, 2.24) is 15.5 Å². The van der Waals surface area contributed by atoms with Crippen molar-refractivity contribution in [2.45, 2.75) is 44.4 Å². The Morgan fingerprint density at radius 3 is 2.71 bits per heavy atom. The van der Waals surface area contributed by atoms with Crippen molar-refractivity contribution in [1.29, 1.82) is 0 Å². The highest BCUT2D eigenvalue weighted by atomic mass is 35.5. The molecule has 2 fully saturated rings. The summed E-state index contributed by atoms with van der Waals surface area (Å²) in [4.78, 5) is 6.84. The van der Waals surface area contributed by atoms with Crippen molar-refractivity contribution >= 4 is 17.6 Å². The SMILES string of the molecule is CN=C(NCCOCC1CCCO1)NC1CCN(Cc2ccc(Cl)cc2)CC1. The molecule has 6 nitrogen and oxygen atoms in total. The maximum Gasteiger partial charge on any atom is 0.191 e. The summed E-state index contributed by atoms with van der Waals surface area (Å²) in [6.45, 7) is 6.14. The number of hydrogen-bond donors (Lipinski definition) is 2. The van der Waals surface area contributed by atoms with Gasteiger partial charge in [0.05, 0.1) is 19.3 Å². The molecule has 2 aliphatic rings. The van der Waals surface area contributed by atoms with Gasteiger partial charge in [0.1, 0.15) is 0 Å². The van der Waals surface area contributed by atoms with Crippen LogP contribution in [0.25, 0.3) is 0 Å². The van der Waals surface area contributed by atoms with Crippen LogP contribution in [0.5, 0.6) is 0 Å². The topological polar surface area (TPSA) is 58.1 Å². The fraction of sp³-hybridized carbons (Fsp3) is 0.667. The number of rotatable bonds is 8. The predicted molar refractivity (Wildman–Crippen MR) is 114 cm³/mol. The minimum absolute atomic E-state index is 0.287. The van der Waals surface area contributed by atoms with Gasteiger partial charge in [-0.2, -0.15) is 0 Å². The molecule has 0 aliphatic carbocycles. The fourth-order valence-electron chi connectivity index (χ4n) is 3.70. The number of piperidine rings is 1. The van der Waals surface area contributed by atoms with E-state index >= 15 is 0 Å². The predicted octanol–water partition coefficient (Wildman–Crippen LogP) is 2.67. The zero-order valence-corrected chi connectivity index (χ0v) is 17.6. The molecule has 28 heavy (non-hydrogen) atoms. The van der Waals surface area contributed by atoms with Gasteiger partial charge in [0.15, 0.2) is 5.96 Å². The van der Waals surface area contributed by atoms with Gasteiger partial charge in [-0.15, -0.1) is 0 Å². The second-order valence-electron chi connectivity index (χ2n) is 7.53. The van der Waals surface area contributed by atoms with Crippen LogP contribution in [0.15, 0.2) is 29.3 Å². The first kappa shape index (κ1) is 21.4. The van der Waals surface area contributed by atoms with E-state index in [2.05, 4.69) is 32.7 Å². The molecule has 7 heteroatoms. The van der Waals surface area contributed by atoms with Crippen LogP contribution in [0.1, 0.15) is 31.2 Å². The van der Waals surface area contributed by atoms with Crippen molar-refractivity contribution in [3.8, 4) is 0 Å². The molecule has 1 aromatic rings. The van der Waals surface area contributed by atoms with Crippen LogP contribution in [-0.2, 0) is 16.0 Å². The largest absolute Gasteiger partial charge is 0.377 e. The van der Waals surface area contributed by atoms with Crippen LogP contribution in [-0.4, -0.2) is 69.5 Å². The number of guanidine groups is 1. The molecule has 3 rings (SSSR count). The summed E-state index contributed by atoms with van der Waals surface area (Å²) in [6.07, 6.45) is 4.79. The minimum atomic E-state index is 0.287. The van der Waals surface area contributed by atoms with Gasteiger partial charge in [0, 0.05) is 50.9 Å². The van der Waals surface area contributed by atoms with Gasteiger partial charge in [-0.25, -0.2) is 0 Å². The molecule has 156 valence electrons. The number of ether oxygens (including phenoxy) is 2. The van der Waals surface area contributed by atoms with E-state index in [4.69, 9.17) is 21.1 Å². The minimum Gasteiger partial charge on any atom is -0.377 e. The molecule has 2 saturated heterocycles. The van der Waals surface area contributed by atoms with Gasteiger partial charge < -0.3 is 20.1 Å². The van der Waals surface area contributed by atoms with Crippen LogP contribution in [0.4, 0.5) is 0 Å². The average molecular weight is 409 g/mol. The molecule has 0 saturated carbocycles. The second kappa shape index (κ2) is 11.6. The fourth-order valence-corrected chi connectivity index (χ4v) is 3.83. The van der Waals surface area contributed by atoms with E-state index in [1.807, 2.05) is 19.2 Å². The van der Waals surface area contributed by atoms with Crippen molar-refractivity contribution in [3.63, 3.8) is 0 Å². The first-order valence-electron chi connectivity index (χ1n) is 10.4. The maximum absolute atomic E-state index is 5.97. The highest BCUT2D eigenvalue weighted by Crippen LogP contribution is 2.16. The van der Waals surface area contributed by atoms with E-state index in [0.29, 0.717) is 19.3 Å². The smallest absolute Gasteiger partial charge is 0.191 e. The molecule has 1 atom stereocenters. The Balaban J connectivity index is 1.28. The van der Waals surface area contributed by atoms with Crippen molar-refractivity contribution in [2.24, 2.45) is 4.99 Å². The summed E-state index contributed by atoms with van der Waals surface area (Å²) in [6, 6.07) is 8.61. The van der Waals surface area contributed by atoms with Crippen LogP contribution in [0, 0.1) is 0 Å². The summed E-state index contributed by atoms with van der Waals surface area (Å²) < 4.78 is 11.3. The first-order chi connectivity index (χ1) is 13.7. The number of hydrogen-bond acceptors (Lipinski definition) is 4. The standard InChI is InChI=1S/C21H33ClN4O2/c1-23-21(24-10-14-27-16-20-3-2-13-28-20)25-19-8-11-26(12-9-19)15-17-4-6-18(22)7-5-17/h4-7,19-20H,2-3,8-16H2,1H3,(H2,23,24,25). The highest BCUT2D eigenvalue weighted by Gasteiger charge is 2.20. The van der Waals surface area contributed by atoms with Gasteiger partial charge in [-0.1, -0.05) is 23.7 Å². The molecule has 0 radical (unpaired) electrons.